The fraction of sp³-hybridized carbons (Fsp3) is 0.400. The van der Waals surface area contributed by atoms with E-state index in [0.717, 1.165) is 5.56 Å². The number of hydrogen-bond donors (Lipinski definition) is 1. The number of ether oxygens (including phenoxy) is 1. The number of aromatic nitrogens is 2. The van der Waals surface area contributed by atoms with Crippen LogP contribution in [0, 0.1) is 0 Å². The molecule has 1 atom stereocenters. The molecule has 0 radical (unpaired) electrons. The van der Waals surface area contributed by atoms with Crippen molar-refractivity contribution in [2.24, 2.45) is 0 Å². The van der Waals surface area contributed by atoms with Gasteiger partial charge < -0.3 is 10.1 Å². The normalized spacial score (nSPS) is 12.7. The van der Waals surface area contributed by atoms with Crippen LogP contribution in [0.1, 0.15) is 38.4 Å². The summed E-state index contributed by atoms with van der Waals surface area (Å²) in [6, 6.07) is 6.25. The summed E-state index contributed by atoms with van der Waals surface area (Å²) in [4.78, 5) is 0. The molecule has 1 aromatic heterocycles. The molecule has 0 aliphatic heterocycles. The third kappa shape index (κ3) is 3.32. The van der Waals surface area contributed by atoms with Crippen molar-refractivity contribution in [2.75, 3.05) is 7.05 Å². The molecule has 0 saturated carbocycles. The van der Waals surface area contributed by atoms with Crippen molar-refractivity contribution in [2.45, 2.75) is 32.9 Å². The first-order chi connectivity index (χ1) is 9.51. The van der Waals surface area contributed by atoms with Crippen LogP contribution < -0.4 is 10.1 Å². The molecule has 4 nitrogen and oxygen atoms in total. The molecule has 0 aliphatic rings. The first kappa shape index (κ1) is 14.9. The molecule has 1 N–H and O–H groups in total. The maximum Gasteiger partial charge on any atom is 0.165 e. The number of nitrogens with zero attached hydrogens (tertiary/aromatic N) is 2. The Hall–Kier alpha value is -1.52. The van der Waals surface area contributed by atoms with Crippen LogP contribution in [0.4, 0.5) is 0 Å². The van der Waals surface area contributed by atoms with Gasteiger partial charge >= 0.3 is 0 Å². The van der Waals surface area contributed by atoms with Gasteiger partial charge in [0.05, 0.1) is 12.4 Å². The van der Waals surface area contributed by atoms with E-state index in [2.05, 4.69) is 31.2 Å². The fourth-order valence-electron chi connectivity index (χ4n) is 1.87. The molecule has 1 unspecified atom stereocenters. The van der Waals surface area contributed by atoms with Crippen LogP contribution in [0.5, 0.6) is 11.5 Å². The lowest BCUT2D eigenvalue weighted by Crippen LogP contribution is -2.12. The zero-order chi connectivity index (χ0) is 14.7. The minimum Gasteiger partial charge on any atom is -0.454 e. The van der Waals surface area contributed by atoms with Gasteiger partial charge in [0.2, 0.25) is 0 Å². The summed E-state index contributed by atoms with van der Waals surface area (Å²) in [5, 5.41) is 8.11. The molecule has 0 amide bonds. The van der Waals surface area contributed by atoms with Crippen LogP contribution in [0.25, 0.3) is 0 Å². The van der Waals surface area contributed by atoms with Gasteiger partial charge in [-0.2, -0.15) is 5.10 Å². The fourth-order valence-corrected chi connectivity index (χ4v) is 2.20. The highest BCUT2D eigenvalue weighted by atomic mass is 35.5. The maximum atomic E-state index is 6.28. The molecule has 20 heavy (non-hydrogen) atoms. The van der Waals surface area contributed by atoms with Crippen LogP contribution in [0.3, 0.4) is 0 Å². The molecule has 2 rings (SSSR count). The van der Waals surface area contributed by atoms with Crippen molar-refractivity contribution in [1.29, 1.82) is 0 Å². The number of hydrogen-bond acceptors (Lipinski definition) is 3. The van der Waals surface area contributed by atoms with E-state index in [1.807, 2.05) is 36.1 Å². The predicted molar refractivity (Wildman–Crippen MR) is 81.6 cm³/mol. The van der Waals surface area contributed by atoms with E-state index in [9.17, 15) is 0 Å². The van der Waals surface area contributed by atoms with Gasteiger partial charge in [0.1, 0.15) is 5.75 Å². The van der Waals surface area contributed by atoms with E-state index in [1.165, 1.54) is 0 Å². The number of benzene rings is 1. The summed E-state index contributed by atoms with van der Waals surface area (Å²) in [7, 11) is 1.91. The van der Waals surface area contributed by atoms with Gasteiger partial charge in [0, 0.05) is 17.1 Å². The van der Waals surface area contributed by atoms with Crippen molar-refractivity contribution in [3.8, 4) is 11.5 Å². The molecule has 0 aliphatic carbocycles. The molecular formula is C15H20ClN3O. The molecule has 1 aromatic carbocycles. The molecule has 108 valence electrons. The average Bonchev–Trinajstić information content (AvgIpc) is 2.87. The second-order valence-corrected chi connectivity index (χ2v) is 5.45. The molecule has 0 bridgehead atoms. The Kier molecular flexibility index (Phi) is 4.68. The standard InChI is InChI=1S/C15H20ClN3O/c1-10(2)19-9-13(8-18-19)20-12-5-6-14(11(3)17-4)15(16)7-12/h5-11,17H,1-4H3. The van der Waals surface area contributed by atoms with Gasteiger partial charge in [-0.15, -0.1) is 0 Å². The second-order valence-electron chi connectivity index (χ2n) is 5.05. The smallest absolute Gasteiger partial charge is 0.165 e. The van der Waals surface area contributed by atoms with Crippen LogP contribution in [0.2, 0.25) is 5.02 Å². The van der Waals surface area contributed by atoms with Crippen molar-refractivity contribution in [3.05, 3.63) is 41.2 Å². The molecule has 1 heterocycles. The zero-order valence-electron chi connectivity index (χ0n) is 12.2. The largest absolute Gasteiger partial charge is 0.454 e. The maximum absolute atomic E-state index is 6.28. The summed E-state index contributed by atoms with van der Waals surface area (Å²) >= 11 is 6.28. The summed E-state index contributed by atoms with van der Waals surface area (Å²) in [6.07, 6.45) is 3.58. The van der Waals surface area contributed by atoms with E-state index >= 15 is 0 Å². The lowest BCUT2D eigenvalue weighted by molar-refractivity contribution is 0.476. The Morgan fingerprint density at radius 2 is 2.00 bits per heavy atom. The Balaban J connectivity index is 2.15. The van der Waals surface area contributed by atoms with Crippen LogP contribution in [-0.4, -0.2) is 16.8 Å². The van der Waals surface area contributed by atoms with Gasteiger partial charge in [-0.3, -0.25) is 4.68 Å². The van der Waals surface area contributed by atoms with Crippen LogP contribution >= 0.6 is 11.6 Å². The summed E-state index contributed by atoms with van der Waals surface area (Å²) < 4.78 is 7.63. The van der Waals surface area contributed by atoms with Crippen LogP contribution in [-0.2, 0) is 0 Å². The monoisotopic (exact) mass is 293 g/mol. The number of nitrogens with one attached hydrogen (secondary N) is 1. The molecule has 0 spiro atoms. The van der Waals surface area contributed by atoms with Gasteiger partial charge in [-0.1, -0.05) is 17.7 Å². The predicted octanol–water partition coefficient (Wildman–Crippen LogP) is 4.19. The lowest BCUT2D eigenvalue weighted by atomic mass is 10.1. The molecule has 2 aromatic rings. The highest BCUT2D eigenvalue weighted by Crippen LogP contribution is 2.29. The first-order valence-electron chi connectivity index (χ1n) is 6.70. The van der Waals surface area contributed by atoms with E-state index in [4.69, 9.17) is 16.3 Å². The first-order valence-corrected chi connectivity index (χ1v) is 7.07. The Labute approximate surface area is 124 Å². The highest BCUT2D eigenvalue weighted by Gasteiger charge is 2.10. The minimum atomic E-state index is 0.209. The molecule has 5 heteroatoms. The van der Waals surface area contributed by atoms with Crippen molar-refractivity contribution >= 4 is 11.6 Å². The van der Waals surface area contributed by atoms with Gasteiger partial charge in [-0.05, 0) is 45.5 Å². The third-order valence-electron chi connectivity index (χ3n) is 3.21. The van der Waals surface area contributed by atoms with Crippen molar-refractivity contribution < 1.29 is 4.74 Å². The molecule has 0 saturated heterocycles. The van der Waals surface area contributed by atoms with Gasteiger partial charge in [0.25, 0.3) is 0 Å². The zero-order valence-corrected chi connectivity index (χ0v) is 13.0. The topological polar surface area (TPSA) is 39.1 Å². The molecule has 0 fully saturated rings. The molecular weight excluding hydrogens is 274 g/mol. The van der Waals surface area contributed by atoms with Crippen molar-refractivity contribution in [3.63, 3.8) is 0 Å². The highest BCUT2D eigenvalue weighted by molar-refractivity contribution is 6.31. The lowest BCUT2D eigenvalue weighted by Gasteiger charge is -2.13. The summed E-state index contributed by atoms with van der Waals surface area (Å²) in [5.41, 5.74) is 1.05. The van der Waals surface area contributed by atoms with Crippen molar-refractivity contribution in [1.82, 2.24) is 15.1 Å². The Morgan fingerprint density at radius 1 is 1.25 bits per heavy atom. The van der Waals surface area contributed by atoms with Crippen LogP contribution in [0.15, 0.2) is 30.6 Å². The van der Waals surface area contributed by atoms with E-state index in [-0.39, 0.29) is 6.04 Å². The van der Waals surface area contributed by atoms with Gasteiger partial charge in [-0.25, -0.2) is 0 Å². The second kappa shape index (κ2) is 6.29. The van der Waals surface area contributed by atoms with Gasteiger partial charge in [0.15, 0.2) is 5.75 Å². The van der Waals surface area contributed by atoms with E-state index in [0.29, 0.717) is 22.6 Å². The van der Waals surface area contributed by atoms with E-state index < -0.39 is 0 Å². The minimum absolute atomic E-state index is 0.209. The number of halogens is 1. The number of rotatable bonds is 5. The third-order valence-corrected chi connectivity index (χ3v) is 3.54. The quantitative estimate of drug-likeness (QED) is 0.898. The SMILES string of the molecule is CNC(C)c1ccc(Oc2cnn(C(C)C)c2)cc1Cl. The summed E-state index contributed by atoms with van der Waals surface area (Å²) in [6.45, 7) is 6.21. The Morgan fingerprint density at radius 3 is 2.55 bits per heavy atom. The van der Waals surface area contributed by atoms with E-state index in [1.54, 1.807) is 6.20 Å². The average molecular weight is 294 g/mol. The summed E-state index contributed by atoms with van der Waals surface area (Å²) in [5.74, 6) is 1.43. The Bertz CT molecular complexity index is 580.